The van der Waals surface area contributed by atoms with Crippen LogP contribution in [0.25, 0.3) is 0 Å². The summed E-state index contributed by atoms with van der Waals surface area (Å²) in [4.78, 5) is 51.3. The number of ether oxygens (including phenoxy) is 1. The van der Waals surface area contributed by atoms with E-state index in [1.807, 2.05) is 13.8 Å². The van der Waals surface area contributed by atoms with E-state index in [4.69, 9.17) is 4.74 Å². The first-order chi connectivity index (χ1) is 15.2. The van der Waals surface area contributed by atoms with Crippen molar-refractivity contribution in [1.29, 1.82) is 0 Å². The fourth-order valence-electron chi connectivity index (χ4n) is 3.48. The molecule has 0 aliphatic carbocycles. The summed E-state index contributed by atoms with van der Waals surface area (Å²) in [5, 5.41) is 2.55. The van der Waals surface area contributed by atoms with E-state index in [9.17, 15) is 23.6 Å². The molecule has 7 nitrogen and oxygen atoms in total. The number of carbonyl (C=O) groups is 4. The summed E-state index contributed by atoms with van der Waals surface area (Å²) in [5.41, 5.74) is 1.54. The van der Waals surface area contributed by atoms with E-state index >= 15 is 0 Å². The molecule has 32 heavy (non-hydrogen) atoms. The Morgan fingerprint density at radius 1 is 1.06 bits per heavy atom. The summed E-state index contributed by atoms with van der Waals surface area (Å²) in [5.74, 6) is -2.91. The van der Waals surface area contributed by atoms with Crippen molar-refractivity contribution >= 4 is 23.7 Å². The number of hydrogen-bond donors (Lipinski definition) is 1. The second kappa shape index (κ2) is 9.72. The number of hydrogen-bond acceptors (Lipinski definition) is 5. The summed E-state index contributed by atoms with van der Waals surface area (Å²) in [6.07, 6.45) is 0.203. The maximum absolute atomic E-state index is 13.6. The predicted octanol–water partition coefficient (Wildman–Crippen LogP) is 3.00. The van der Waals surface area contributed by atoms with Crippen LogP contribution in [-0.4, -0.2) is 41.2 Å². The number of nitrogens with zero attached hydrogens (tertiary/aromatic N) is 1. The summed E-state index contributed by atoms with van der Waals surface area (Å²) >= 11 is 0. The van der Waals surface area contributed by atoms with Crippen LogP contribution in [0.15, 0.2) is 42.5 Å². The number of fused-ring (bicyclic) bond motifs is 1. The van der Waals surface area contributed by atoms with E-state index in [0.29, 0.717) is 11.1 Å². The van der Waals surface area contributed by atoms with Crippen molar-refractivity contribution in [2.45, 2.75) is 39.8 Å². The number of benzene rings is 2. The molecule has 1 unspecified atom stereocenters. The van der Waals surface area contributed by atoms with Crippen LogP contribution >= 0.6 is 0 Å². The number of halogens is 1. The monoisotopic (exact) mass is 440 g/mol. The van der Waals surface area contributed by atoms with Crippen LogP contribution in [0.4, 0.5) is 4.39 Å². The fraction of sp³-hybridized carbons (Fsp3) is 0.333. The Hall–Kier alpha value is -3.55. The summed E-state index contributed by atoms with van der Waals surface area (Å²) in [6, 6.07) is 9.84. The van der Waals surface area contributed by atoms with Gasteiger partial charge in [-0.15, -0.1) is 0 Å². The fourth-order valence-corrected chi connectivity index (χ4v) is 3.48. The average molecular weight is 440 g/mol. The molecular weight excluding hydrogens is 415 g/mol. The van der Waals surface area contributed by atoms with Crippen molar-refractivity contribution in [3.05, 3.63) is 70.5 Å². The molecule has 0 bridgehead atoms. The van der Waals surface area contributed by atoms with Gasteiger partial charge in [0.2, 0.25) is 0 Å². The van der Waals surface area contributed by atoms with Gasteiger partial charge in [0.05, 0.1) is 11.1 Å². The first-order valence-electron chi connectivity index (χ1n) is 10.3. The Bertz CT molecular complexity index is 1030. The standard InChI is InChI=1S/C24H25FN2O5/c1-14(2)10-20(27-22(29)17-6-4-5-7-18(17)23(27)30)24(31)32-13-21(28)26-12-16-9-8-15(3)19(25)11-16/h4-9,11,14,20H,10,12-13H2,1-3H3,(H,26,28). The van der Waals surface area contributed by atoms with Crippen molar-refractivity contribution in [3.8, 4) is 0 Å². The highest BCUT2D eigenvalue weighted by molar-refractivity contribution is 6.22. The molecule has 3 amide bonds. The van der Waals surface area contributed by atoms with Gasteiger partial charge in [0, 0.05) is 6.54 Å². The number of rotatable bonds is 8. The van der Waals surface area contributed by atoms with Gasteiger partial charge in [0.1, 0.15) is 11.9 Å². The van der Waals surface area contributed by atoms with Gasteiger partial charge in [0.25, 0.3) is 17.7 Å². The lowest BCUT2D eigenvalue weighted by Gasteiger charge is -2.25. The van der Waals surface area contributed by atoms with E-state index in [0.717, 1.165) is 4.90 Å². The van der Waals surface area contributed by atoms with Gasteiger partial charge in [-0.25, -0.2) is 9.18 Å². The van der Waals surface area contributed by atoms with Gasteiger partial charge in [-0.2, -0.15) is 0 Å². The summed E-state index contributed by atoms with van der Waals surface area (Å²) < 4.78 is 18.8. The van der Waals surface area contributed by atoms with Crippen LogP contribution in [-0.2, 0) is 20.9 Å². The van der Waals surface area contributed by atoms with Crippen molar-refractivity contribution in [2.24, 2.45) is 5.92 Å². The lowest BCUT2D eigenvalue weighted by molar-refractivity contribution is -0.152. The van der Waals surface area contributed by atoms with E-state index in [2.05, 4.69) is 5.32 Å². The van der Waals surface area contributed by atoms with Crippen LogP contribution in [0.2, 0.25) is 0 Å². The molecule has 0 spiro atoms. The van der Waals surface area contributed by atoms with E-state index in [1.54, 1.807) is 31.2 Å². The molecule has 1 N–H and O–H groups in total. The maximum atomic E-state index is 13.6. The second-order valence-electron chi connectivity index (χ2n) is 8.14. The van der Waals surface area contributed by atoms with E-state index in [1.165, 1.54) is 18.2 Å². The van der Waals surface area contributed by atoms with E-state index in [-0.39, 0.29) is 35.8 Å². The lowest BCUT2D eigenvalue weighted by atomic mass is 10.0. The number of imide groups is 1. The van der Waals surface area contributed by atoms with Crippen molar-refractivity contribution < 1.29 is 28.3 Å². The molecular formula is C24H25FN2O5. The van der Waals surface area contributed by atoms with Crippen LogP contribution < -0.4 is 5.32 Å². The van der Waals surface area contributed by atoms with Crippen LogP contribution in [0.1, 0.15) is 52.1 Å². The SMILES string of the molecule is Cc1ccc(CNC(=O)COC(=O)C(CC(C)C)N2C(=O)c3ccccc3C2=O)cc1F. The molecule has 2 aromatic rings. The number of nitrogens with one attached hydrogen (secondary N) is 1. The smallest absolute Gasteiger partial charge is 0.329 e. The lowest BCUT2D eigenvalue weighted by Crippen LogP contribution is -2.47. The first-order valence-corrected chi connectivity index (χ1v) is 10.3. The molecule has 0 radical (unpaired) electrons. The molecule has 1 aliphatic heterocycles. The highest BCUT2D eigenvalue weighted by Crippen LogP contribution is 2.27. The number of esters is 1. The second-order valence-corrected chi connectivity index (χ2v) is 8.14. The van der Waals surface area contributed by atoms with Crippen LogP contribution in [0.3, 0.4) is 0 Å². The molecule has 0 saturated carbocycles. The van der Waals surface area contributed by atoms with Gasteiger partial charge < -0.3 is 10.1 Å². The topological polar surface area (TPSA) is 92.8 Å². The molecule has 1 atom stereocenters. The Kier molecular flexibility index (Phi) is 7.02. The average Bonchev–Trinajstić information content (AvgIpc) is 3.01. The van der Waals surface area contributed by atoms with Crippen molar-refractivity contribution in [2.75, 3.05) is 6.61 Å². The summed E-state index contributed by atoms with van der Waals surface area (Å²) in [7, 11) is 0. The molecule has 168 valence electrons. The van der Waals surface area contributed by atoms with Gasteiger partial charge >= 0.3 is 5.97 Å². The minimum absolute atomic E-state index is 0.0119. The quantitative estimate of drug-likeness (QED) is 0.503. The minimum atomic E-state index is -1.14. The molecule has 8 heteroatoms. The highest BCUT2D eigenvalue weighted by Gasteiger charge is 2.43. The Balaban J connectivity index is 1.63. The third-order valence-corrected chi connectivity index (χ3v) is 5.18. The minimum Gasteiger partial charge on any atom is -0.454 e. The molecule has 0 saturated heterocycles. The first kappa shape index (κ1) is 23.1. The van der Waals surface area contributed by atoms with Gasteiger partial charge in [-0.05, 0) is 48.6 Å². The van der Waals surface area contributed by atoms with E-state index < -0.39 is 36.3 Å². The maximum Gasteiger partial charge on any atom is 0.329 e. The van der Waals surface area contributed by atoms with Crippen molar-refractivity contribution in [3.63, 3.8) is 0 Å². The molecule has 0 fully saturated rings. The van der Waals surface area contributed by atoms with Crippen LogP contribution in [0, 0.1) is 18.7 Å². The number of carbonyl (C=O) groups excluding carboxylic acids is 4. The van der Waals surface area contributed by atoms with Gasteiger partial charge in [-0.1, -0.05) is 38.1 Å². The zero-order chi connectivity index (χ0) is 23.4. The number of amides is 3. The van der Waals surface area contributed by atoms with Crippen LogP contribution in [0.5, 0.6) is 0 Å². The zero-order valence-corrected chi connectivity index (χ0v) is 18.2. The zero-order valence-electron chi connectivity index (χ0n) is 18.2. The van der Waals surface area contributed by atoms with Gasteiger partial charge in [0.15, 0.2) is 6.61 Å². The normalized spacial score (nSPS) is 13.8. The number of aryl methyl sites for hydroxylation is 1. The molecule has 0 aromatic heterocycles. The Morgan fingerprint density at radius 3 is 2.25 bits per heavy atom. The molecule has 3 rings (SSSR count). The Labute approximate surface area is 185 Å². The van der Waals surface area contributed by atoms with Gasteiger partial charge in [-0.3, -0.25) is 19.3 Å². The highest BCUT2D eigenvalue weighted by atomic mass is 19.1. The van der Waals surface area contributed by atoms with Crippen molar-refractivity contribution in [1.82, 2.24) is 10.2 Å². The Morgan fingerprint density at radius 2 is 1.69 bits per heavy atom. The molecule has 1 aliphatic rings. The molecule has 2 aromatic carbocycles. The molecule has 1 heterocycles. The summed E-state index contributed by atoms with van der Waals surface area (Å²) in [6.45, 7) is 4.84. The third-order valence-electron chi connectivity index (χ3n) is 5.18. The predicted molar refractivity (Wildman–Crippen MR) is 114 cm³/mol. The largest absolute Gasteiger partial charge is 0.454 e. The third kappa shape index (κ3) is 5.01.